The van der Waals surface area contributed by atoms with Crippen LogP contribution in [0.3, 0.4) is 0 Å². The number of hydrogen-bond donors (Lipinski definition) is 0. The van der Waals surface area contributed by atoms with Crippen LogP contribution >= 0.6 is 0 Å². The molecule has 1 heterocycles. The summed E-state index contributed by atoms with van der Waals surface area (Å²) in [5, 5.41) is 0. The van der Waals surface area contributed by atoms with Gasteiger partial charge in [-0.3, -0.25) is 0 Å². The highest BCUT2D eigenvalue weighted by molar-refractivity contribution is 5.97. The van der Waals surface area contributed by atoms with Gasteiger partial charge < -0.3 is 14.0 Å². The van der Waals surface area contributed by atoms with Gasteiger partial charge in [-0.15, -0.1) is 0 Å². The van der Waals surface area contributed by atoms with Crippen LogP contribution < -0.4 is 0 Å². The van der Waals surface area contributed by atoms with E-state index in [2.05, 4.69) is 9.47 Å². The quantitative estimate of drug-likeness (QED) is 0.519. The van der Waals surface area contributed by atoms with Gasteiger partial charge in [-0.1, -0.05) is 0 Å². The van der Waals surface area contributed by atoms with E-state index in [1.165, 1.54) is 18.8 Å². The molecule has 0 aliphatic carbocycles. The average molecular weight is 197 g/mol. The summed E-state index contributed by atoms with van der Waals surface area (Å²) in [6, 6.07) is 2.36. The Balaban J connectivity index is 2.94. The van der Waals surface area contributed by atoms with E-state index >= 15 is 0 Å². The Morgan fingerprint density at radius 1 is 1.07 bits per heavy atom. The van der Waals surface area contributed by atoms with Crippen molar-refractivity contribution < 1.29 is 19.1 Å². The van der Waals surface area contributed by atoms with Crippen LogP contribution in [-0.2, 0) is 19.1 Å². The summed E-state index contributed by atoms with van der Waals surface area (Å²) in [4.78, 5) is 22.5. The SMILES string of the molecule is COC(=O)C(C(=O)OC)n1cccc1. The largest absolute Gasteiger partial charge is 0.467 e. The number of esters is 2. The molecule has 0 amide bonds. The monoisotopic (exact) mass is 197 g/mol. The van der Waals surface area contributed by atoms with Crippen LogP contribution in [0.1, 0.15) is 6.04 Å². The van der Waals surface area contributed by atoms with Gasteiger partial charge in [0.2, 0.25) is 6.04 Å². The Morgan fingerprint density at radius 3 is 1.86 bits per heavy atom. The zero-order valence-corrected chi connectivity index (χ0v) is 7.97. The van der Waals surface area contributed by atoms with E-state index < -0.39 is 18.0 Å². The molecule has 0 aliphatic heterocycles. The van der Waals surface area contributed by atoms with E-state index in [0.717, 1.165) is 0 Å². The first kappa shape index (κ1) is 10.3. The Kier molecular flexibility index (Phi) is 3.28. The molecule has 14 heavy (non-hydrogen) atoms. The minimum absolute atomic E-state index is 0.645. The van der Waals surface area contributed by atoms with Crippen molar-refractivity contribution in [1.29, 1.82) is 0 Å². The van der Waals surface area contributed by atoms with Gasteiger partial charge >= 0.3 is 11.9 Å². The number of carbonyl (C=O) groups is 2. The highest BCUT2D eigenvalue weighted by atomic mass is 16.5. The second-order valence-electron chi connectivity index (χ2n) is 2.58. The fourth-order valence-corrected chi connectivity index (χ4v) is 1.08. The van der Waals surface area contributed by atoms with E-state index in [0.29, 0.717) is 0 Å². The van der Waals surface area contributed by atoms with Crippen LogP contribution in [0, 0.1) is 0 Å². The number of hydrogen-bond acceptors (Lipinski definition) is 4. The minimum Gasteiger partial charge on any atom is -0.467 e. The van der Waals surface area contributed by atoms with Gasteiger partial charge in [-0.25, -0.2) is 9.59 Å². The van der Waals surface area contributed by atoms with Crippen molar-refractivity contribution >= 4 is 11.9 Å². The molecule has 0 saturated heterocycles. The highest BCUT2D eigenvalue weighted by Gasteiger charge is 2.29. The predicted octanol–water partition coefficient (Wildman–Crippen LogP) is 0.375. The molecule has 0 bridgehead atoms. The number of nitrogens with zero attached hydrogens (tertiary/aromatic N) is 1. The fourth-order valence-electron chi connectivity index (χ4n) is 1.08. The zero-order chi connectivity index (χ0) is 10.6. The van der Waals surface area contributed by atoms with Crippen LogP contribution in [0.25, 0.3) is 0 Å². The smallest absolute Gasteiger partial charge is 0.340 e. The molecule has 76 valence electrons. The number of carbonyl (C=O) groups excluding carboxylic acids is 2. The number of ether oxygens (including phenoxy) is 2. The lowest BCUT2D eigenvalue weighted by Crippen LogP contribution is -2.28. The summed E-state index contributed by atoms with van der Waals surface area (Å²) in [6.45, 7) is 0. The Labute approximate surface area is 81.2 Å². The Morgan fingerprint density at radius 2 is 1.50 bits per heavy atom. The molecule has 0 atom stereocenters. The molecule has 0 radical (unpaired) electrons. The van der Waals surface area contributed by atoms with Crippen molar-refractivity contribution in [3.63, 3.8) is 0 Å². The maximum atomic E-state index is 11.3. The van der Waals surface area contributed by atoms with Crippen molar-refractivity contribution in [2.75, 3.05) is 14.2 Å². The summed E-state index contributed by atoms with van der Waals surface area (Å²) in [5.74, 6) is -1.29. The van der Waals surface area contributed by atoms with E-state index in [-0.39, 0.29) is 0 Å². The van der Waals surface area contributed by atoms with Crippen molar-refractivity contribution in [3.8, 4) is 0 Å². The maximum Gasteiger partial charge on any atom is 0.340 e. The van der Waals surface area contributed by atoms with Crippen LogP contribution in [0.4, 0.5) is 0 Å². The predicted molar refractivity (Wildman–Crippen MR) is 47.5 cm³/mol. The fraction of sp³-hybridized carbons (Fsp3) is 0.333. The zero-order valence-electron chi connectivity index (χ0n) is 7.97. The van der Waals surface area contributed by atoms with Crippen molar-refractivity contribution in [2.24, 2.45) is 0 Å². The molecule has 0 N–H and O–H groups in total. The number of aromatic nitrogens is 1. The van der Waals surface area contributed by atoms with Gasteiger partial charge in [0.05, 0.1) is 14.2 Å². The molecule has 0 fully saturated rings. The van der Waals surface area contributed by atoms with Crippen molar-refractivity contribution in [2.45, 2.75) is 6.04 Å². The van der Waals surface area contributed by atoms with Crippen LogP contribution in [0.2, 0.25) is 0 Å². The lowest BCUT2D eigenvalue weighted by Gasteiger charge is -2.13. The van der Waals surface area contributed by atoms with E-state index in [1.807, 2.05) is 0 Å². The third kappa shape index (κ3) is 1.93. The molecule has 5 nitrogen and oxygen atoms in total. The highest BCUT2D eigenvalue weighted by Crippen LogP contribution is 2.10. The van der Waals surface area contributed by atoms with Crippen LogP contribution in [0.15, 0.2) is 24.5 Å². The summed E-state index contributed by atoms with van der Waals surface area (Å²) < 4.78 is 10.4. The molecule has 1 aromatic rings. The van der Waals surface area contributed by atoms with Gasteiger partial charge in [0.15, 0.2) is 0 Å². The van der Waals surface area contributed by atoms with E-state index in [1.54, 1.807) is 24.5 Å². The van der Waals surface area contributed by atoms with Crippen LogP contribution in [0.5, 0.6) is 0 Å². The average Bonchev–Trinajstić information content (AvgIpc) is 2.70. The van der Waals surface area contributed by atoms with Crippen molar-refractivity contribution in [3.05, 3.63) is 24.5 Å². The second-order valence-corrected chi connectivity index (χ2v) is 2.58. The Hall–Kier alpha value is -1.78. The standard InChI is InChI=1S/C9H11NO4/c1-13-8(11)7(9(12)14-2)10-5-3-4-6-10/h3-7H,1-2H3. The van der Waals surface area contributed by atoms with Gasteiger partial charge in [-0.2, -0.15) is 0 Å². The molecule has 5 heteroatoms. The van der Waals surface area contributed by atoms with Gasteiger partial charge in [0, 0.05) is 12.4 Å². The van der Waals surface area contributed by atoms with Gasteiger partial charge in [0.25, 0.3) is 0 Å². The lowest BCUT2D eigenvalue weighted by atomic mass is 10.3. The van der Waals surface area contributed by atoms with E-state index in [4.69, 9.17) is 0 Å². The van der Waals surface area contributed by atoms with Gasteiger partial charge in [0.1, 0.15) is 0 Å². The first-order valence-electron chi connectivity index (χ1n) is 3.98. The molecule has 0 spiro atoms. The molecule has 0 aliphatic rings. The molecular formula is C9H11NO4. The maximum absolute atomic E-state index is 11.3. The van der Waals surface area contributed by atoms with Crippen molar-refractivity contribution in [1.82, 2.24) is 4.57 Å². The van der Waals surface area contributed by atoms with Crippen LogP contribution in [-0.4, -0.2) is 30.7 Å². The topological polar surface area (TPSA) is 57.5 Å². The van der Waals surface area contributed by atoms with E-state index in [9.17, 15) is 9.59 Å². The third-order valence-electron chi connectivity index (χ3n) is 1.77. The van der Waals surface area contributed by atoms with Gasteiger partial charge in [-0.05, 0) is 12.1 Å². The summed E-state index contributed by atoms with van der Waals surface area (Å²) in [5.41, 5.74) is 0. The molecule has 1 rings (SSSR count). The summed E-state index contributed by atoms with van der Waals surface area (Å²) in [7, 11) is 2.45. The molecule has 0 unspecified atom stereocenters. The normalized spacial score (nSPS) is 9.93. The molecule has 0 aromatic carbocycles. The number of rotatable bonds is 3. The summed E-state index contributed by atoms with van der Waals surface area (Å²) in [6.07, 6.45) is 3.19. The lowest BCUT2D eigenvalue weighted by molar-refractivity contribution is -0.157. The summed E-state index contributed by atoms with van der Waals surface area (Å²) >= 11 is 0. The first-order chi connectivity index (χ1) is 6.70. The molecule has 1 aromatic heterocycles. The molecular weight excluding hydrogens is 186 g/mol. The minimum atomic E-state index is -1.06. The number of methoxy groups -OCH3 is 2. The first-order valence-corrected chi connectivity index (χ1v) is 3.98. The second kappa shape index (κ2) is 4.45. The Bertz CT molecular complexity index is 302. The third-order valence-corrected chi connectivity index (χ3v) is 1.77. The molecule has 0 saturated carbocycles.